The maximum Gasteiger partial charge on any atom is 0.242 e. The van der Waals surface area contributed by atoms with Crippen LogP contribution in [0.15, 0.2) is 59.8 Å². The summed E-state index contributed by atoms with van der Waals surface area (Å²) in [4.78, 5) is 4.00. The molecule has 1 atom stereocenters. The van der Waals surface area contributed by atoms with Crippen molar-refractivity contribution in [3.63, 3.8) is 0 Å². The summed E-state index contributed by atoms with van der Waals surface area (Å²) in [5, 5.41) is 0.462. The van der Waals surface area contributed by atoms with Crippen LogP contribution in [0.3, 0.4) is 0 Å². The second-order valence-electron chi connectivity index (χ2n) is 4.63. The van der Waals surface area contributed by atoms with Gasteiger partial charge in [0.2, 0.25) is 10.0 Å². The van der Waals surface area contributed by atoms with Gasteiger partial charge in [0.1, 0.15) is 4.90 Å². The Labute approximate surface area is 127 Å². The molecule has 0 bridgehead atoms. The van der Waals surface area contributed by atoms with Crippen LogP contribution in [0.1, 0.15) is 12.5 Å². The first-order chi connectivity index (χ1) is 9.48. The van der Waals surface area contributed by atoms with Crippen LogP contribution in [0.25, 0.3) is 0 Å². The van der Waals surface area contributed by atoms with Crippen molar-refractivity contribution in [1.29, 1.82) is 0 Å². The summed E-state index contributed by atoms with van der Waals surface area (Å²) >= 11 is 3.39. The van der Waals surface area contributed by atoms with Crippen LogP contribution >= 0.6 is 15.9 Å². The quantitative estimate of drug-likeness (QED) is 0.839. The summed E-state index contributed by atoms with van der Waals surface area (Å²) in [6.07, 6.45) is 2.88. The van der Waals surface area contributed by atoms with Gasteiger partial charge in [0.25, 0.3) is 0 Å². The van der Waals surface area contributed by atoms with Gasteiger partial charge in [-0.25, -0.2) is 8.42 Å². The van der Waals surface area contributed by atoms with Gasteiger partial charge in [-0.15, -0.1) is 0 Å². The van der Waals surface area contributed by atoms with Gasteiger partial charge in [-0.1, -0.05) is 46.3 Å². The molecular formula is C14H15BrN2O2S. The lowest BCUT2D eigenvalue weighted by Gasteiger charge is -2.29. The molecule has 20 heavy (non-hydrogen) atoms. The maximum atomic E-state index is 12.4. The third-order valence-electron chi connectivity index (χ3n) is 2.98. The van der Waals surface area contributed by atoms with Crippen molar-refractivity contribution in [1.82, 2.24) is 9.71 Å². The lowest BCUT2D eigenvalue weighted by Crippen LogP contribution is -2.44. The van der Waals surface area contributed by atoms with Crippen LogP contribution in [0.5, 0.6) is 0 Å². The lowest BCUT2D eigenvalue weighted by atomic mass is 9.96. The zero-order chi connectivity index (χ0) is 14.6. The Morgan fingerprint density at radius 1 is 1.20 bits per heavy atom. The fourth-order valence-corrected chi connectivity index (χ4v) is 3.84. The molecule has 1 N–H and O–H groups in total. The minimum Gasteiger partial charge on any atom is -0.263 e. The monoisotopic (exact) mass is 354 g/mol. The number of nitrogens with one attached hydrogen (secondary N) is 1. The molecule has 106 valence electrons. The Balaban J connectivity index is 2.36. The van der Waals surface area contributed by atoms with Gasteiger partial charge in [0.05, 0.1) is 5.54 Å². The molecule has 0 spiro atoms. The van der Waals surface area contributed by atoms with E-state index in [4.69, 9.17) is 0 Å². The molecule has 2 aromatic rings. The van der Waals surface area contributed by atoms with Crippen LogP contribution in [0, 0.1) is 0 Å². The van der Waals surface area contributed by atoms with Crippen molar-refractivity contribution in [3.05, 3.63) is 60.4 Å². The minimum absolute atomic E-state index is 0.156. The standard InChI is InChI=1S/C14H15BrN2O2S/c1-14(11-15,12-6-3-2-4-7-12)17-20(18,19)13-8-5-9-16-10-13/h2-10,17H,11H2,1H3. The molecule has 0 aliphatic heterocycles. The molecule has 0 saturated heterocycles. The molecule has 4 nitrogen and oxygen atoms in total. The van der Waals surface area contributed by atoms with E-state index in [0.717, 1.165) is 5.56 Å². The predicted molar refractivity (Wildman–Crippen MR) is 82.1 cm³/mol. The average molecular weight is 355 g/mol. The fourth-order valence-electron chi connectivity index (χ4n) is 1.83. The Morgan fingerprint density at radius 3 is 2.45 bits per heavy atom. The molecule has 0 saturated carbocycles. The van der Waals surface area contributed by atoms with E-state index >= 15 is 0 Å². The number of hydrogen-bond donors (Lipinski definition) is 1. The number of pyridine rings is 1. The van der Waals surface area contributed by atoms with Crippen LogP contribution < -0.4 is 4.72 Å². The normalized spacial score (nSPS) is 14.7. The molecule has 1 aromatic heterocycles. The number of sulfonamides is 1. The molecule has 1 aromatic carbocycles. The molecule has 0 aliphatic carbocycles. The first kappa shape index (κ1) is 15.2. The van der Waals surface area contributed by atoms with E-state index < -0.39 is 15.6 Å². The van der Waals surface area contributed by atoms with Gasteiger partial charge in [-0.05, 0) is 24.6 Å². The highest BCUT2D eigenvalue weighted by Gasteiger charge is 2.31. The van der Waals surface area contributed by atoms with E-state index in [-0.39, 0.29) is 4.90 Å². The van der Waals surface area contributed by atoms with Gasteiger partial charge < -0.3 is 0 Å². The van der Waals surface area contributed by atoms with E-state index in [1.807, 2.05) is 37.3 Å². The summed E-state index contributed by atoms with van der Waals surface area (Å²) in [5.74, 6) is 0. The van der Waals surface area contributed by atoms with Crippen molar-refractivity contribution < 1.29 is 8.42 Å². The molecule has 1 heterocycles. The largest absolute Gasteiger partial charge is 0.263 e. The van der Waals surface area contributed by atoms with E-state index in [2.05, 4.69) is 25.6 Å². The highest BCUT2D eigenvalue weighted by molar-refractivity contribution is 9.09. The molecule has 1 unspecified atom stereocenters. The fraction of sp³-hybridized carbons (Fsp3) is 0.214. The third-order valence-corrected chi connectivity index (χ3v) is 5.69. The second kappa shape index (κ2) is 6.03. The van der Waals surface area contributed by atoms with Crippen molar-refractivity contribution in [2.24, 2.45) is 0 Å². The molecule has 6 heteroatoms. The van der Waals surface area contributed by atoms with E-state index in [1.54, 1.807) is 12.3 Å². The Hall–Kier alpha value is -1.24. The van der Waals surface area contributed by atoms with Crippen molar-refractivity contribution >= 4 is 26.0 Å². The Kier molecular flexibility index (Phi) is 4.57. The number of aromatic nitrogens is 1. The summed E-state index contributed by atoms with van der Waals surface area (Å²) in [6, 6.07) is 12.6. The van der Waals surface area contributed by atoms with Gasteiger partial charge >= 0.3 is 0 Å². The van der Waals surface area contributed by atoms with Crippen molar-refractivity contribution in [2.45, 2.75) is 17.4 Å². The van der Waals surface area contributed by atoms with Crippen LogP contribution in [-0.2, 0) is 15.6 Å². The smallest absolute Gasteiger partial charge is 0.242 e. The number of nitrogens with zero attached hydrogens (tertiary/aromatic N) is 1. The zero-order valence-electron chi connectivity index (χ0n) is 11.0. The van der Waals surface area contributed by atoms with Crippen LogP contribution in [0.4, 0.5) is 0 Å². The molecule has 0 aliphatic rings. The molecule has 0 fully saturated rings. The molecule has 0 radical (unpaired) electrons. The number of hydrogen-bond acceptors (Lipinski definition) is 3. The SMILES string of the molecule is CC(CBr)(NS(=O)(=O)c1cccnc1)c1ccccc1. The van der Waals surface area contributed by atoms with Crippen molar-refractivity contribution in [3.8, 4) is 0 Å². The Morgan fingerprint density at radius 2 is 1.90 bits per heavy atom. The molecule has 0 amide bonds. The summed E-state index contributed by atoms with van der Waals surface area (Å²) in [7, 11) is -3.62. The highest BCUT2D eigenvalue weighted by atomic mass is 79.9. The highest BCUT2D eigenvalue weighted by Crippen LogP contribution is 2.25. The van der Waals surface area contributed by atoms with Gasteiger partial charge in [0, 0.05) is 17.7 Å². The first-order valence-corrected chi connectivity index (χ1v) is 8.64. The Bertz CT molecular complexity index is 662. The van der Waals surface area contributed by atoms with E-state index in [9.17, 15) is 8.42 Å². The van der Waals surface area contributed by atoms with Crippen LogP contribution in [-0.4, -0.2) is 18.7 Å². The average Bonchev–Trinajstić information content (AvgIpc) is 2.48. The zero-order valence-corrected chi connectivity index (χ0v) is 13.4. The number of alkyl halides is 1. The molecular weight excluding hydrogens is 340 g/mol. The first-order valence-electron chi connectivity index (χ1n) is 6.03. The number of rotatable bonds is 5. The second-order valence-corrected chi connectivity index (χ2v) is 6.87. The van der Waals surface area contributed by atoms with Crippen molar-refractivity contribution in [2.75, 3.05) is 5.33 Å². The third kappa shape index (κ3) is 3.26. The number of halogens is 1. The number of benzene rings is 1. The van der Waals surface area contributed by atoms with Crippen LogP contribution in [0.2, 0.25) is 0 Å². The minimum atomic E-state index is -3.62. The summed E-state index contributed by atoms with van der Waals surface area (Å²) in [6.45, 7) is 1.84. The van der Waals surface area contributed by atoms with Gasteiger partial charge in [-0.3, -0.25) is 4.98 Å². The van der Waals surface area contributed by atoms with Gasteiger partial charge in [-0.2, -0.15) is 4.72 Å². The predicted octanol–water partition coefficient (Wildman–Crippen LogP) is 2.67. The lowest BCUT2D eigenvalue weighted by molar-refractivity contribution is 0.482. The van der Waals surface area contributed by atoms with E-state index in [0.29, 0.717) is 5.33 Å². The summed E-state index contributed by atoms with van der Waals surface area (Å²) < 4.78 is 27.6. The molecule has 2 rings (SSSR count). The maximum absolute atomic E-state index is 12.4. The van der Waals surface area contributed by atoms with E-state index in [1.165, 1.54) is 12.3 Å². The van der Waals surface area contributed by atoms with Gasteiger partial charge in [0.15, 0.2) is 0 Å². The summed E-state index contributed by atoms with van der Waals surface area (Å²) in [5.41, 5.74) is 0.167. The topological polar surface area (TPSA) is 59.1 Å².